The normalized spacial score (nSPS) is 26.4. The van der Waals surface area contributed by atoms with E-state index in [9.17, 15) is 10.2 Å². The molecular formula is C43H53F2N7O4. The molecule has 4 N–H and O–H groups in total. The second kappa shape index (κ2) is 15.8. The Hall–Kier alpha value is -4.46. The topological polar surface area (TPSA) is 142 Å². The van der Waals surface area contributed by atoms with Crippen molar-refractivity contribution in [3.63, 3.8) is 0 Å². The summed E-state index contributed by atoms with van der Waals surface area (Å²) in [5.41, 5.74) is 7.53. The predicted octanol–water partition coefficient (Wildman–Crippen LogP) is 6.85. The number of aromatic nitrogens is 3. The minimum Gasteiger partial charge on any atom is -0.508 e. The van der Waals surface area contributed by atoms with Crippen LogP contribution in [-0.4, -0.2) is 99.5 Å². The van der Waals surface area contributed by atoms with Gasteiger partial charge in [-0.25, -0.2) is 8.78 Å². The van der Waals surface area contributed by atoms with Crippen LogP contribution >= 0.6 is 0 Å². The number of halogens is 2. The largest absolute Gasteiger partial charge is 0.508 e. The maximum atomic E-state index is 17.3. The molecule has 2 aromatic heterocycles. The Bertz CT molecular complexity index is 2170. The number of ether oxygens (including phenoxy) is 2. The summed E-state index contributed by atoms with van der Waals surface area (Å²) in [4.78, 5) is 23.8. The number of aromatic hydroxyl groups is 1. The molecule has 298 valence electrons. The van der Waals surface area contributed by atoms with E-state index in [-0.39, 0.29) is 58.5 Å². The number of hydrogen-bond donors (Lipinski definition) is 3. The van der Waals surface area contributed by atoms with Gasteiger partial charge in [-0.3, -0.25) is 14.9 Å². The fourth-order valence-corrected chi connectivity index (χ4v) is 10.1. The van der Waals surface area contributed by atoms with Crippen molar-refractivity contribution >= 4 is 33.2 Å². The number of phenols is 1. The van der Waals surface area contributed by atoms with Crippen molar-refractivity contribution in [1.82, 2.24) is 19.9 Å². The molecule has 13 heteroatoms. The number of pyridine rings is 1. The molecule has 1 saturated carbocycles. The predicted molar refractivity (Wildman–Crippen MR) is 214 cm³/mol. The number of hydrogen-bond acceptors (Lipinski definition) is 11. The maximum absolute atomic E-state index is 17.3. The number of phenolic OH excluding ortho intramolecular Hbond substituents is 1. The SMILES string of the molecule is CCc1c(F)ccc2cc(O)cc(-c3ncc4c(N5CCCN=C(/C=C(\N)CO)C5)nc(OCC56CCCC5N(C5CC(C)OC(C)C5)CCC6)nc4c3F)c12. The summed E-state index contributed by atoms with van der Waals surface area (Å²) >= 11 is 0. The number of nitrogens with zero attached hydrogens (tertiary/aromatic N) is 6. The third kappa shape index (κ3) is 7.29. The van der Waals surface area contributed by atoms with Crippen LogP contribution in [0.3, 0.4) is 0 Å². The van der Waals surface area contributed by atoms with E-state index in [4.69, 9.17) is 25.2 Å². The first-order valence-electron chi connectivity index (χ1n) is 20.3. The van der Waals surface area contributed by atoms with E-state index >= 15 is 8.78 Å². The third-order valence-corrected chi connectivity index (χ3v) is 12.5. The van der Waals surface area contributed by atoms with E-state index < -0.39 is 11.6 Å². The quantitative estimate of drug-likeness (QED) is 0.166. The Balaban J connectivity index is 1.21. The van der Waals surface area contributed by atoms with E-state index in [2.05, 4.69) is 28.7 Å². The molecule has 11 nitrogen and oxygen atoms in total. The van der Waals surface area contributed by atoms with E-state index in [1.165, 1.54) is 12.1 Å². The summed E-state index contributed by atoms with van der Waals surface area (Å²) in [5.74, 6) is -0.760. The highest BCUT2D eigenvalue weighted by molar-refractivity contribution is 6.03. The Morgan fingerprint density at radius 1 is 1.09 bits per heavy atom. The summed E-state index contributed by atoms with van der Waals surface area (Å²) in [5, 5.41) is 21.8. The molecular weight excluding hydrogens is 717 g/mol. The van der Waals surface area contributed by atoms with Gasteiger partial charge in [-0.05, 0) is 112 Å². The van der Waals surface area contributed by atoms with E-state index in [0.717, 1.165) is 51.5 Å². The lowest BCUT2D eigenvalue weighted by Gasteiger charge is -2.51. The fraction of sp³-hybridized carbons (Fsp3) is 0.535. The zero-order valence-corrected chi connectivity index (χ0v) is 32.6. The molecule has 5 heterocycles. The van der Waals surface area contributed by atoms with Crippen LogP contribution in [0.1, 0.15) is 77.7 Å². The molecule has 2 aromatic carbocycles. The van der Waals surface area contributed by atoms with E-state index in [1.54, 1.807) is 24.4 Å². The standard InChI is InChI=1S/C43H53F2N7O4/c1-4-32-35(44)10-9-27-18-31(54)20-33(37(27)32)39-38(45)40-34(21-48-39)41(51-14-7-13-47-29(22-51)19-28(46)23-53)50-42(49-40)55-24-43-11-5-8-36(43)52(15-6-12-43)30-16-25(2)56-26(3)17-30/h9-10,18-21,25-26,30,36,53-54H,4-8,11-17,22-24,46H2,1-3H3/b28-19-. The lowest BCUT2D eigenvalue weighted by Crippen LogP contribution is -2.57. The first kappa shape index (κ1) is 38.4. The van der Waals surface area contributed by atoms with Crippen LogP contribution < -0.4 is 15.4 Å². The van der Waals surface area contributed by atoms with Crippen LogP contribution in [0.5, 0.6) is 11.8 Å². The Morgan fingerprint density at radius 3 is 2.68 bits per heavy atom. The number of rotatable bonds is 9. The van der Waals surface area contributed by atoms with E-state index in [0.29, 0.717) is 84.4 Å². The van der Waals surface area contributed by atoms with Gasteiger partial charge in [-0.2, -0.15) is 9.97 Å². The van der Waals surface area contributed by atoms with Crippen molar-refractivity contribution in [2.75, 3.05) is 44.3 Å². The first-order valence-corrected chi connectivity index (χ1v) is 20.3. The summed E-state index contributed by atoms with van der Waals surface area (Å²) in [6, 6.07) is 6.83. The number of likely N-dealkylation sites (tertiary alicyclic amines) is 1. The van der Waals surface area contributed by atoms with Crippen LogP contribution in [-0.2, 0) is 11.2 Å². The summed E-state index contributed by atoms with van der Waals surface area (Å²) in [6.07, 6.45) is 12.1. The van der Waals surface area contributed by atoms with Gasteiger partial charge in [0.05, 0.1) is 43.1 Å². The van der Waals surface area contributed by atoms with Crippen molar-refractivity contribution in [3.05, 3.63) is 59.4 Å². The zero-order chi connectivity index (χ0) is 39.1. The highest BCUT2D eigenvalue weighted by atomic mass is 19.1. The molecule has 56 heavy (non-hydrogen) atoms. The van der Waals surface area contributed by atoms with Crippen LogP contribution in [0.2, 0.25) is 0 Å². The van der Waals surface area contributed by atoms with Gasteiger partial charge in [0.15, 0.2) is 5.82 Å². The minimum absolute atomic E-state index is 0.0185. The van der Waals surface area contributed by atoms with E-state index in [1.807, 2.05) is 11.8 Å². The average molecular weight is 770 g/mol. The van der Waals surface area contributed by atoms with Crippen molar-refractivity contribution in [2.24, 2.45) is 16.1 Å². The number of nitrogens with two attached hydrogens (primary N) is 1. The van der Waals surface area contributed by atoms with Crippen molar-refractivity contribution in [2.45, 2.75) is 103 Å². The lowest BCUT2D eigenvalue weighted by atomic mass is 9.74. The molecule has 1 aliphatic carbocycles. The summed E-state index contributed by atoms with van der Waals surface area (Å²) in [7, 11) is 0. The Kier molecular flexibility index (Phi) is 10.9. The zero-order valence-electron chi connectivity index (χ0n) is 32.6. The minimum atomic E-state index is -0.717. The molecule has 0 bridgehead atoms. The highest BCUT2D eigenvalue weighted by Crippen LogP contribution is 2.50. The number of aryl methyl sites for hydroxylation is 1. The van der Waals surface area contributed by atoms with Crippen LogP contribution in [0.4, 0.5) is 14.6 Å². The first-order chi connectivity index (χ1) is 27.1. The third-order valence-electron chi connectivity index (χ3n) is 12.5. The monoisotopic (exact) mass is 769 g/mol. The van der Waals surface area contributed by atoms with Gasteiger partial charge in [0.25, 0.3) is 0 Å². The summed E-state index contributed by atoms with van der Waals surface area (Å²) in [6.45, 7) is 8.79. The molecule has 0 amide bonds. The molecule has 3 fully saturated rings. The van der Waals surface area contributed by atoms with Crippen LogP contribution in [0.25, 0.3) is 32.9 Å². The molecule has 0 radical (unpaired) electrons. The number of aliphatic imine (C=N–C) groups is 1. The second-order valence-corrected chi connectivity index (χ2v) is 16.3. The lowest BCUT2D eigenvalue weighted by molar-refractivity contribution is -0.0967. The Labute approximate surface area is 326 Å². The molecule has 2 saturated heterocycles. The number of fused-ring (bicyclic) bond motifs is 3. The molecule has 4 aromatic rings. The van der Waals surface area contributed by atoms with Gasteiger partial charge in [-0.1, -0.05) is 19.4 Å². The number of anilines is 1. The smallest absolute Gasteiger partial charge is 0.319 e. The van der Waals surface area contributed by atoms with Crippen LogP contribution in [0.15, 0.2) is 47.2 Å². The van der Waals surface area contributed by atoms with Gasteiger partial charge in [-0.15, -0.1) is 0 Å². The average Bonchev–Trinajstić information content (AvgIpc) is 3.48. The molecule has 8 rings (SSSR count). The van der Waals surface area contributed by atoms with Crippen molar-refractivity contribution < 1.29 is 28.5 Å². The fourth-order valence-electron chi connectivity index (χ4n) is 10.1. The highest BCUT2D eigenvalue weighted by Gasteiger charge is 2.50. The molecule has 0 spiro atoms. The second-order valence-electron chi connectivity index (χ2n) is 16.3. The summed E-state index contributed by atoms with van der Waals surface area (Å²) < 4.78 is 45.3. The molecule has 4 unspecified atom stereocenters. The molecule has 3 aliphatic heterocycles. The van der Waals surface area contributed by atoms with Gasteiger partial charge in [0.2, 0.25) is 0 Å². The number of benzene rings is 2. The van der Waals surface area contributed by atoms with Crippen molar-refractivity contribution in [3.8, 4) is 23.0 Å². The number of aliphatic hydroxyl groups excluding tert-OH is 1. The molecule has 4 aliphatic rings. The van der Waals surface area contributed by atoms with Gasteiger partial charge in [0.1, 0.15) is 28.6 Å². The molecule has 4 atom stereocenters. The number of piperidine rings is 1. The maximum Gasteiger partial charge on any atom is 0.319 e. The van der Waals surface area contributed by atoms with Gasteiger partial charge in [0, 0.05) is 48.0 Å². The van der Waals surface area contributed by atoms with Gasteiger partial charge >= 0.3 is 6.01 Å². The van der Waals surface area contributed by atoms with Crippen molar-refractivity contribution in [1.29, 1.82) is 0 Å². The van der Waals surface area contributed by atoms with Gasteiger partial charge < -0.3 is 30.3 Å². The Morgan fingerprint density at radius 2 is 1.89 bits per heavy atom. The van der Waals surface area contributed by atoms with Crippen LogP contribution in [0, 0.1) is 17.0 Å². The number of aliphatic hydroxyl groups is 1.